The van der Waals surface area contributed by atoms with Crippen molar-refractivity contribution in [3.8, 4) is 5.75 Å². The highest BCUT2D eigenvalue weighted by molar-refractivity contribution is 9.10. The molecule has 0 atom stereocenters. The molecule has 1 aliphatic heterocycles. The van der Waals surface area contributed by atoms with Crippen molar-refractivity contribution in [2.45, 2.75) is 13.1 Å². The van der Waals surface area contributed by atoms with E-state index in [4.69, 9.17) is 4.74 Å². The number of fused-ring (bicyclic) bond motifs is 1. The van der Waals surface area contributed by atoms with Crippen LogP contribution in [0.15, 0.2) is 40.9 Å². The van der Waals surface area contributed by atoms with Crippen LogP contribution in [-0.4, -0.2) is 17.9 Å². The van der Waals surface area contributed by atoms with Gasteiger partial charge in [-0.25, -0.2) is 4.39 Å². The van der Waals surface area contributed by atoms with Gasteiger partial charge in [-0.1, -0.05) is 12.1 Å². The van der Waals surface area contributed by atoms with Crippen LogP contribution in [0.2, 0.25) is 0 Å². The molecule has 108 valence electrons. The molecule has 5 heteroatoms. The minimum absolute atomic E-state index is 0.132. The third kappa shape index (κ3) is 2.65. The van der Waals surface area contributed by atoms with Crippen molar-refractivity contribution < 1.29 is 13.9 Å². The highest BCUT2D eigenvalue weighted by atomic mass is 79.9. The molecule has 0 aliphatic carbocycles. The average molecular weight is 350 g/mol. The number of amides is 1. The van der Waals surface area contributed by atoms with Gasteiger partial charge in [0.05, 0.1) is 11.6 Å². The molecular formula is C16H13BrFNO2. The second kappa shape index (κ2) is 5.48. The Kier molecular flexibility index (Phi) is 3.68. The van der Waals surface area contributed by atoms with Crippen LogP contribution in [0.25, 0.3) is 0 Å². The number of hydrogen-bond acceptors (Lipinski definition) is 2. The summed E-state index contributed by atoms with van der Waals surface area (Å²) in [6.07, 6.45) is 0. The molecule has 21 heavy (non-hydrogen) atoms. The van der Waals surface area contributed by atoms with Crippen LogP contribution in [0.3, 0.4) is 0 Å². The van der Waals surface area contributed by atoms with Crippen LogP contribution in [0.1, 0.15) is 21.5 Å². The Labute approximate surface area is 130 Å². The topological polar surface area (TPSA) is 29.5 Å². The summed E-state index contributed by atoms with van der Waals surface area (Å²) >= 11 is 3.15. The van der Waals surface area contributed by atoms with E-state index in [2.05, 4.69) is 15.9 Å². The maximum absolute atomic E-state index is 13.6. The van der Waals surface area contributed by atoms with Crippen LogP contribution < -0.4 is 4.74 Å². The molecule has 0 saturated carbocycles. The van der Waals surface area contributed by atoms with Crippen LogP contribution in [0.4, 0.5) is 4.39 Å². The lowest BCUT2D eigenvalue weighted by molar-refractivity contribution is 0.0766. The van der Waals surface area contributed by atoms with Gasteiger partial charge in [-0.05, 0) is 51.3 Å². The van der Waals surface area contributed by atoms with Crippen molar-refractivity contribution >= 4 is 21.8 Å². The Hall–Kier alpha value is -1.88. The van der Waals surface area contributed by atoms with Crippen molar-refractivity contribution in [2.75, 3.05) is 7.11 Å². The zero-order valence-corrected chi connectivity index (χ0v) is 13.0. The normalized spacial score (nSPS) is 13.5. The highest BCUT2D eigenvalue weighted by Crippen LogP contribution is 2.29. The molecule has 0 radical (unpaired) electrons. The second-order valence-electron chi connectivity index (χ2n) is 4.93. The molecule has 2 aromatic carbocycles. The first kappa shape index (κ1) is 14.1. The molecule has 2 aromatic rings. The van der Waals surface area contributed by atoms with Gasteiger partial charge < -0.3 is 9.64 Å². The standard InChI is InChI=1S/C16H13BrFNO2/c1-21-12-4-2-10(3-5-12)8-19-9-11-6-14(17)15(18)7-13(11)16(19)20/h2-7H,8-9H2,1H3. The molecule has 1 heterocycles. The Balaban J connectivity index is 1.81. The molecule has 0 bridgehead atoms. The largest absolute Gasteiger partial charge is 0.497 e. The SMILES string of the molecule is COc1ccc(CN2Cc3cc(Br)c(F)cc3C2=O)cc1. The van der Waals surface area contributed by atoms with Gasteiger partial charge in [-0.15, -0.1) is 0 Å². The van der Waals surface area contributed by atoms with Gasteiger partial charge in [0.1, 0.15) is 11.6 Å². The Morgan fingerprint density at radius 2 is 2.00 bits per heavy atom. The fourth-order valence-electron chi connectivity index (χ4n) is 2.44. The molecule has 0 N–H and O–H groups in total. The summed E-state index contributed by atoms with van der Waals surface area (Å²) in [5.74, 6) is 0.237. The van der Waals surface area contributed by atoms with Crippen LogP contribution in [0, 0.1) is 5.82 Å². The zero-order chi connectivity index (χ0) is 15.0. The molecule has 3 nitrogen and oxygen atoms in total. The number of halogens is 2. The summed E-state index contributed by atoms with van der Waals surface area (Å²) in [6.45, 7) is 0.996. The van der Waals surface area contributed by atoms with E-state index in [-0.39, 0.29) is 5.91 Å². The molecular weight excluding hydrogens is 337 g/mol. The van der Waals surface area contributed by atoms with Crippen molar-refractivity contribution in [1.29, 1.82) is 0 Å². The van der Waals surface area contributed by atoms with Crippen molar-refractivity contribution in [3.63, 3.8) is 0 Å². The Morgan fingerprint density at radius 3 is 2.67 bits per heavy atom. The lowest BCUT2D eigenvalue weighted by Gasteiger charge is -2.15. The van der Waals surface area contributed by atoms with Crippen LogP contribution in [-0.2, 0) is 13.1 Å². The van der Waals surface area contributed by atoms with Gasteiger partial charge >= 0.3 is 0 Å². The van der Waals surface area contributed by atoms with Gasteiger partial charge in [0.2, 0.25) is 0 Å². The molecule has 1 amide bonds. The van der Waals surface area contributed by atoms with Crippen molar-refractivity contribution in [3.05, 3.63) is 63.4 Å². The van der Waals surface area contributed by atoms with Crippen molar-refractivity contribution in [1.82, 2.24) is 4.90 Å². The summed E-state index contributed by atoms with van der Waals surface area (Å²) in [5.41, 5.74) is 2.31. The average Bonchev–Trinajstić information content (AvgIpc) is 2.77. The highest BCUT2D eigenvalue weighted by Gasteiger charge is 2.28. The predicted octanol–water partition coefficient (Wildman–Crippen LogP) is 3.75. The quantitative estimate of drug-likeness (QED) is 0.844. The van der Waals surface area contributed by atoms with E-state index in [1.54, 1.807) is 18.1 Å². The minimum atomic E-state index is -0.409. The fourth-order valence-corrected chi connectivity index (χ4v) is 2.84. The summed E-state index contributed by atoms with van der Waals surface area (Å²) in [7, 11) is 1.61. The molecule has 0 spiro atoms. The minimum Gasteiger partial charge on any atom is -0.497 e. The summed E-state index contributed by atoms with van der Waals surface area (Å²) in [6, 6.07) is 10.5. The Morgan fingerprint density at radius 1 is 1.29 bits per heavy atom. The summed E-state index contributed by atoms with van der Waals surface area (Å²) in [4.78, 5) is 14.0. The predicted molar refractivity (Wildman–Crippen MR) is 80.7 cm³/mol. The van der Waals surface area contributed by atoms with Gasteiger partial charge in [-0.3, -0.25) is 4.79 Å². The van der Waals surface area contributed by atoms with E-state index < -0.39 is 5.82 Å². The number of methoxy groups -OCH3 is 1. The number of benzene rings is 2. The third-order valence-corrected chi connectivity index (χ3v) is 4.17. The van der Waals surface area contributed by atoms with Gasteiger partial charge in [0.25, 0.3) is 5.91 Å². The van der Waals surface area contributed by atoms with Crippen LogP contribution >= 0.6 is 15.9 Å². The number of carbonyl (C=O) groups is 1. The van der Waals surface area contributed by atoms with E-state index in [9.17, 15) is 9.18 Å². The summed E-state index contributed by atoms with van der Waals surface area (Å²) in [5, 5.41) is 0. The van der Waals surface area contributed by atoms with E-state index in [0.29, 0.717) is 23.1 Å². The smallest absolute Gasteiger partial charge is 0.254 e. The molecule has 0 fully saturated rings. The van der Waals surface area contributed by atoms with E-state index in [0.717, 1.165) is 16.9 Å². The molecule has 3 rings (SSSR count). The van der Waals surface area contributed by atoms with Crippen molar-refractivity contribution in [2.24, 2.45) is 0 Å². The number of nitrogens with zero attached hydrogens (tertiary/aromatic N) is 1. The Bertz CT molecular complexity index is 700. The maximum Gasteiger partial charge on any atom is 0.254 e. The summed E-state index contributed by atoms with van der Waals surface area (Å²) < 4.78 is 19.1. The molecule has 0 saturated heterocycles. The first-order valence-electron chi connectivity index (χ1n) is 6.48. The van der Waals surface area contributed by atoms with Gasteiger partial charge in [-0.2, -0.15) is 0 Å². The fraction of sp³-hybridized carbons (Fsp3) is 0.188. The van der Waals surface area contributed by atoms with E-state index >= 15 is 0 Å². The van der Waals surface area contributed by atoms with E-state index in [1.165, 1.54) is 6.07 Å². The zero-order valence-electron chi connectivity index (χ0n) is 11.4. The van der Waals surface area contributed by atoms with Gasteiger partial charge in [0, 0.05) is 18.7 Å². The second-order valence-corrected chi connectivity index (χ2v) is 5.79. The lowest BCUT2D eigenvalue weighted by Crippen LogP contribution is -2.23. The van der Waals surface area contributed by atoms with Crippen LogP contribution in [0.5, 0.6) is 5.75 Å². The number of carbonyl (C=O) groups excluding carboxylic acids is 1. The molecule has 0 unspecified atom stereocenters. The first-order valence-corrected chi connectivity index (χ1v) is 7.28. The third-order valence-electron chi connectivity index (χ3n) is 3.56. The molecule has 0 aromatic heterocycles. The van der Waals surface area contributed by atoms with E-state index in [1.807, 2.05) is 24.3 Å². The first-order chi connectivity index (χ1) is 10.1. The maximum atomic E-state index is 13.6. The number of rotatable bonds is 3. The lowest BCUT2D eigenvalue weighted by atomic mass is 10.1. The number of ether oxygens (including phenoxy) is 1. The monoisotopic (exact) mass is 349 g/mol. The molecule has 1 aliphatic rings. The number of hydrogen-bond donors (Lipinski definition) is 0. The van der Waals surface area contributed by atoms with Gasteiger partial charge in [0.15, 0.2) is 0 Å².